The first kappa shape index (κ1) is 23.8. The Hall–Kier alpha value is -3.35. The highest BCUT2D eigenvalue weighted by molar-refractivity contribution is 6.34. The Morgan fingerprint density at radius 1 is 1.15 bits per heavy atom. The van der Waals surface area contributed by atoms with Crippen molar-refractivity contribution in [2.24, 2.45) is 7.05 Å². The molecule has 4 aromatic rings. The minimum absolute atomic E-state index is 0.216. The van der Waals surface area contributed by atoms with Gasteiger partial charge in [-0.2, -0.15) is 0 Å². The van der Waals surface area contributed by atoms with E-state index in [9.17, 15) is 9.18 Å². The molecule has 0 aliphatic rings. The summed E-state index contributed by atoms with van der Waals surface area (Å²) in [6, 6.07) is 15.5. The third-order valence-corrected chi connectivity index (χ3v) is 6.01. The van der Waals surface area contributed by atoms with Crippen molar-refractivity contribution in [1.29, 1.82) is 0 Å². The van der Waals surface area contributed by atoms with Gasteiger partial charge in [-0.15, -0.1) is 11.6 Å². The van der Waals surface area contributed by atoms with Crippen LogP contribution in [-0.2, 0) is 7.05 Å². The molecule has 8 heteroatoms. The number of nitrogens with one attached hydrogen (secondary N) is 2. The number of anilines is 2. The fourth-order valence-electron chi connectivity index (χ4n) is 3.64. The van der Waals surface area contributed by atoms with Gasteiger partial charge >= 0.3 is 0 Å². The number of halogens is 3. The van der Waals surface area contributed by atoms with Gasteiger partial charge in [-0.1, -0.05) is 35.9 Å². The van der Waals surface area contributed by atoms with Crippen LogP contribution in [0.4, 0.5) is 15.8 Å². The highest BCUT2D eigenvalue weighted by Crippen LogP contribution is 2.33. The zero-order valence-corrected chi connectivity index (χ0v) is 20.2. The number of aromatic nitrogens is 2. The van der Waals surface area contributed by atoms with Crippen LogP contribution in [0.25, 0.3) is 22.2 Å². The molecule has 1 aromatic heterocycles. The molecule has 0 bridgehead atoms. The first-order valence-electron chi connectivity index (χ1n) is 10.7. The fraction of sp³-hybridized carbons (Fsp3) is 0.154. The van der Waals surface area contributed by atoms with Gasteiger partial charge in [0.25, 0.3) is 5.91 Å². The van der Waals surface area contributed by atoms with Gasteiger partial charge in [-0.25, -0.2) is 9.37 Å². The number of carbonyl (C=O) groups is 1. The molecular formula is C26H23Cl2FN4O. The van der Waals surface area contributed by atoms with Crippen LogP contribution < -0.4 is 10.6 Å². The molecule has 0 aliphatic carbocycles. The van der Waals surface area contributed by atoms with Crippen molar-refractivity contribution in [2.45, 2.75) is 6.92 Å². The van der Waals surface area contributed by atoms with E-state index in [0.29, 0.717) is 28.8 Å². The molecule has 0 spiro atoms. The maximum absolute atomic E-state index is 14.4. The molecule has 0 aliphatic heterocycles. The van der Waals surface area contributed by atoms with E-state index in [0.717, 1.165) is 28.0 Å². The molecule has 0 saturated carbocycles. The molecule has 0 saturated heterocycles. The van der Waals surface area contributed by atoms with E-state index in [4.69, 9.17) is 23.2 Å². The molecule has 0 radical (unpaired) electrons. The van der Waals surface area contributed by atoms with Crippen LogP contribution in [0.15, 0.2) is 66.7 Å². The van der Waals surface area contributed by atoms with Crippen molar-refractivity contribution in [3.8, 4) is 11.1 Å². The highest BCUT2D eigenvalue weighted by atomic mass is 35.5. The van der Waals surface area contributed by atoms with Gasteiger partial charge in [0.2, 0.25) is 0 Å². The van der Waals surface area contributed by atoms with Gasteiger partial charge in [-0.05, 0) is 55.0 Å². The number of hydrogen-bond donors (Lipinski definition) is 2. The van der Waals surface area contributed by atoms with Crippen molar-refractivity contribution < 1.29 is 9.18 Å². The van der Waals surface area contributed by atoms with Crippen LogP contribution in [0.2, 0.25) is 5.02 Å². The minimum atomic E-state index is -0.508. The molecular weight excluding hydrogens is 474 g/mol. The average molecular weight is 497 g/mol. The quantitative estimate of drug-likeness (QED) is 0.218. The first-order chi connectivity index (χ1) is 16.4. The number of benzene rings is 3. The zero-order valence-electron chi connectivity index (χ0n) is 18.7. The number of allylic oxidation sites excluding steroid dienone is 1. The minimum Gasteiger partial charge on any atom is -0.379 e. The third kappa shape index (κ3) is 5.08. The van der Waals surface area contributed by atoms with E-state index in [2.05, 4.69) is 15.6 Å². The normalized spacial score (nSPS) is 11.3. The molecule has 2 N–H and O–H groups in total. The summed E-state index contributed by atoms with van der Waals surface area (Å²) in [5, 5.41) is 6.36. The second kappa shape index (κ2) is 10.3. The van der Waals surface area contributed by atoms with Crippen LogP contribution in [0, 0.1) is 12.7 Å². The lowest BCUT2D eigenvalue weighted by atomic mass is 10.0. The van der Waals surface area contributed by atoms with Gasteiger partial charge in [0.05, 0.1) is 21.7 Å². The molecule has 1 heterocycles. The number of alkyl halides is 1. The summed E-state index contributed by atoms with van der Waals surface area (Å²) >= 11 is 12.1. The number of nitrogens with zero attached hydrogens (tertiary/aromatic N) is 2. The van der Waals surface area contributed by atoms with Crippen LogP contribution in [-0.4, -0.2) is 27.9 Å². The number of hydrogen-bond acceptors (Lipinski definition) is 3. The van der Waals surface area contributed by atoms with E-state index < -0.39 is 11.7 Å². The standard InChI is InChI=1S/C26H23Cl2FN4O/c1-16-31-24-14-20(21(28)15-25(24)33(16)2)17-6-5-7-19(12-17)32-26(34)18-8-9-23(22(29)13-18)30-11-4-3-10-27/h3-9,12-15,30H,10-11H2,1-2H3,(H,32,34)/b4-3+. The Bertz CT molecular complexity index is 1400. The second-order valence-electron chi connectivity index (χ2n) is 7.77. The first-order valence-corrected chi connectivity index (χ1v) is 11.6. The molecule has 0 unspecified atom stereocenters. The molecule has 5 nitrogen and oxygen atoms in total. The Labute approximate surface area is 207 Å². The smallest absolute Gasteiger partial charge is 0.255 e. The van der Waals surface area contributed by atoms with Crippen LogP contribution >= 0.6 is 23.2 Å². The Morgan fingerprint density at radius 2 is 1.97 bits per heavy atom. The van der Waals surface area contributed by atoms with E-state index >= 15 is 0 Å². The highest BCUT2D eigenvalue weighted by Gasteiger charge is 2.13. The van der Waals surface area contributed by atoms with Crippen LogP contribution in [0.1, 0.15) is 16.2 Å². The van der Waals surface area contributed by atoms with Crippen molar-refractivity contribution in [2.75, 3.05) is 23.1 Å². The van der Waals surface area contributed by atoms with E-state index in [1.807, 2.05) is 48.9 Å². The van der Waals surface area contributed by atoms with Gasteiger partial charge in [0.1, 0.15) is 11.6 Å². The number of fused-ring (bicyclic) bond motifs is 1. The summed E-state index contributed by atoms with van der Waals surface area (Å²) in [5.74, 6) is 0.371. The number of aryl methyl sites for hydroxylation is 2. The van der Waals surface area contributed by atoms with Crippen LogP contribution in [0.5, 0.6) is 0 Å². The SMILES string of the molecule is Cc1nc2cc(-c3cccc(NC(=O)c4ccc(NC/C=C/CCl)c(F)c4)c3)c(Cl)cc2n1C. The summed E-state index contributed by atoms with van der Waals surface area (Å²) < 4.78 is 16.4. The summed E-state index contributed by atoms with van der Waals surface area (Å²) in [4.78, 5) is 17.3. The molecule has 34 heavy (non-hydrogen) atoms. The second-order valence-corrected chi connectivity index (χ2v) is 8.49. The molecule has 3 aromatic carbocycles. The zero-order chi connectivity index (χ0) is 24.2. The summed E-state index contributed by atoms with van der Waals surface area (Å²) in [6.07, 6.45) is 3.57. The monoisotopic (exact) mass is 496 g/mol. The van der Waals surface area contributed by atoms with Crippen molar-refractivity contribution in [3.63, 3.8) is 0 Å². The topological polar surface area (TPSA) is 59.0 Å². The van der Waals surface area contributed by atoms with E-state index in [-0.39, 0.29) is 5.56 Å². The number of carbonyl (C=O) groups excluding carboxylic acids is 1. The Balaban J connectivity index is 1.53. The fourth-order valence-corrected chi connectivity index (χ4v) is 4.03. The molecule has 174 valence electrons. The largest absolute Gasteiger partial charge is 0.379 e. The lowest BCUT2D eigenvalue weighted by Gasteiger charge is -2.11. The molecule has 0 atom stereocenters. The predicted molar refractivity (Wildman–Crippen MR) is 139 cm³/mol. The molecule has 0 fully saturated rings. The van der Waals surface area contributed by atoms with Gasteiger partial charge in [-0.3, -0.25) is 4.79 Å². The van der Waals surface area contributed by atoms with Gasteiger partial charge < -0.3 is 15.2 Å². The number of amides is 1. The van der Waals surface area contributed by atoms with Gasteiger partial charge in [0.15, 0.2) is 0 Å². The Kier molecular flexibility index (Phi) is 7.20. The number of rotatable bonds is 7. The lowest BCUT2D eigenvalue weighted by Crippen LogP contribution is -2.12. The Morgan fingerprint density at radius 3 is 2.74 bits per heavy atom. The van der Waals surface area contributed by atoms with Crippen molar-refractivity contribution in [1.82, 2.24) is 9.55 Å². The maximum atomic E-state index is 14.4. The van der Waals surface area contributed by atoms with Crippen LogP contribution in [0.3, 0.4) is 0 Å². The van der Waals surface area contributed by atoms with Crippen molar-refractivity contribution >= 4 is 51.5 Å². The third-order valence-electron chi connectivity index (χ3n) is 5.52. The maximum Gasteiger partial charge on any atom is 0.255 e. The molecule has 4 rings (SSSR count). The summed E-state index contributed by atoms with van der Waals surface area (Å²) in [7, 11) is 1.95. The van der Waals surface area contributed by atoms with Gasteiger partial charge in [0, 0.05) is 36.3 Å². The lowest BCUT2D eigenvalue weighted by molar-refractivity contribution is 0.102. The van der Waals surface area contributed by atoms with E-state index in [1.54, 1.807) is 30.4 Å². The molecule has 1 amide bonds. The average Bonchev–Trinajstić information content (AvgIpc) is 3.10. The predicted octanol–water partition coefficient (Wildman–Crippen LogP) is 6.80. The summed E-state index contributed by atoms with van der Waals surface area (Å²) in [6.45, 7) is 2.38. The van der Waals surface area contributed by atoms with Crippen molar-refractivity contribution in [3.05, 3.63) is 89.0 Å². The number of imidazole rings is 1. The van der Waals surface area contributed by atoms with E-state index in [1.165, 1.54) is 6.07 Å². The summed E-state index contributed by atoms with van der Waals surface area (Å²) in [5.41, 5.74) is 4.55.